The lowest BCUT2D eigenvalue weighted by atomic mass is 9.92. The van der Waals surface area contributed by atoms with Gasteiger partial charge in [0.2, 0.25) is 17.8 Å². The molecule has 0 unspecified atom stereocenters. The number of benzene rings is 2. The molecule has 0 spiro atoms. The van der Waals surface area contributed by atoms with Gasteiger partial charge in [0.1, 0.15) is 5.82 Å². The van der Waals surface area contributed by atoms with Gasteiger partial charge < -0.3 is 16.0 Å². The van der Waals surface area contributed by atoms with Gasteiger partial charge in [0.15, 0.2) is 0 Å². The number of anilines is 4. The maximum Gasteiger partial charge on any atom is 0.416 e. The Labute approximate surface area is 199 Å². The topological polar surface area (TPSA) is 159 Å². The molecule has 0 saturated carbocycles. The third-order valence-corrected chi connectivity index (χ3v) is 5.41. The van der Waals surface area contributed by atoms with Crippen molar-refractivity contribution in [2.24, 2.45) is 0 Å². The minimum absolute atomic E-state index is 0.0227. The van der Waals surface area contributed by atoms with Crippen molar-refractivity contribution in [1.29, 1.82) is 0 Å². The van der Waals surface area contributed by atoms with Crippen molar-refractivity contribution in [2.75, 3.05) is 16.0 Å². The summed E-state index contributed by atoms with van der Waals surface area (Å²) in [5, 5.41) is 18.5. The highest BCUT2D eigenvalue weighted by atomic mass is 19.4. The zero-order valence-electron chi connectivity index (χ0n) is 18.4. The van der Waals surface area contributed by atoms with E-state index in [4.69, 9.17) is 0 Å². The molecule has 1 aromatic heterocycles. The van der Waals surface area contributed by atoms with Crippen LogP contribution in [0.15, 0.2) is 47.3 Å². The Balaban J connectivity index is 1.64. The number of amides is 2. The summed E-state index contributed by atoms with van der Waals surface area (Å²) < 4.78 is 38.9. The Bertz CT molecular complexity index is 1450. The summed E-state index contributed by atoms with van der Waals surface area (Å²) in [4.78, 5) is 55.0. The fourth-order valence-electron chi connectivity index (χ4n) is 3.64. The number of fused-ring (bicyclic) bond motifs is 1. The molecule has 2 aromatic carbocycles. The molecule has 0 aliphatic carbocycles. The van der Waals surface area contributed by atoms with Crippen molar-refractivity contribution in [1.82, 2.24) is 9.97 Å². The Morgan fingerprint density at radius 3 is 2.64 bits per heavy atom. The van der Waals surface area contributed by atoms with Crippen molar-refractivity contribution in [3.63, 3.8) is 0 Å². The van der Waals surface area contributed by atoms with E-state index in [2.05, 4.69) is 25.9 Å². The number of aryl methyl sites for hydroxylation is 1. The number of hydrogen-bond donors (Lipinski definition) is 4. The van der Waals surface area contributed by atoms with E-state index in [1.165, 1.54) is 24.3 Å². The van der Waals surface area contributed by atoms with E-state index in [0.29, 0.717) is 5.56 Å². The first-order valence-corrected chi connectivity index (χ1v) is 10.4. The molecular weight excluding hydrogens is 485 g/mol. The zero-order chi connectivity index (χ0) is 26.2. The summed E-state index contributed by atoms with van der Waals surface area (Å²) >= 11 is 0. The van der Waals surface area contributed by atoms with Crippen LogP contribution in [0.5, 0.6) is 0 Å². The third-order valence-electron chi connectivity index (χ3n) is 5.41. The van der Waals surface area contributed by atoms with Crippen LogP contribution in [0.25, 0.3) is 0 Å². The molecule has 0 bridgehead atoms. The van der Waals surface area contributed by atoms with Crippen molar-refractivity contribution in [3.05, 3.63) is 79.6 Å². The lowest BCUT2D eigenvalue weighted by molar-refractivity contribution is -0.384. The summed E-state index contributed by atoms with van der Waals surface area (Å²) in [6.07, 6.45) is -4.97. The van der Waals surface area contributed by atoms with Crippen LogP contribution in [-0.2, 0) is 15.8 Å². The molecule has 1 aliphatic rings. The van der Waals surface area contributed by atoms with Crippen molar-refractivity contribution >= 4 is 40.6 Å². The quantitative estimate of drug-likeness (QED) is 0.305. The number of aromatic nitrogens is 2. The highest BCUT2D eigenvalue weighted by Gasteiger charge is 2.35. The number of H-pyrrole nitrogens is 1. The Hall–Kier alpha value is -4.75. The third kappa shape index (κ3) is 5.01. The molecular formula is C22H17F3N6O5. The number of nitrogens with one attached hydrogen (secondary N) is 4. The smallest absolute Gasteiger partial charge is 0.326 e. The van der Waals surface area contributed by atoms with Crippen LogP contribution in [0.4, 0.5) is 42.0 Å². The SMILES string of the molecule is Cc1ccc([N+](=O)[O-])cc1NC(=O)[C@H]1CC(=O)Nc2nc(Nc3cccc(C(F)(F)F)c3)[nH]c(=O)c21. The number of non-ortho nitro benzene ring substituents is 1. The van der Waals surface area contributed by atoms with E-state index in [9.17, 15) is 37.7 Å². The van der Waals surface area contributed by atoms with Gasteiger partial charge in [0, 0.05) is 24.2 Å². The van der Waals surface area contributed by atoms with Crippen LogP contribution in [0.3, 0.4) is 0 Å². The first kappa shape index (κ1) is 24.4. The van der Waals surface area contributed by atoms with Crippen molar-refractivity contribution < 1.29 is 27.7 Å². The van der Waals surface area contributed by atoms with Gasteiger partial charge >= 0.3 is 6.18 Å². The van der Waals surface area contributed by atoms with Gasteiger partial charge in [-0.2, -0.15) is 18.2 Å². The summed E-state index contributed by atoms with van der Waals surface area (Å²) in [5.74, 6) is -3.15. The van der Waals surface area contributed by atoms with Crippen LogP contribution >= 0.6 is 0 Å². The minimum Gasteiger partial charge on any atom is -0.326 e. The number of rotatable bonds is 5. The second kappa shape index (κ2) is 9.13. The van der Waals surface area contributed by atoms with E-state index in [0.717, 1.165) is 18.2 Å². The fraction of sp³-hybridized carbons (Fsp3) is 0.182. The molecule has 3 aromatic rings. The number of alkyl halides is 3. The monoisotopic (exact) mass is 502 g/mol. The van der Waals surface area contributed by atoms with E-state index < -0.39 is 46.4 Å². The lowest BCUT2D eigenvalue weighted by Crippen LogP contribution is -2.36. The van der Waals surface area contributed by atoms with Gasteiger partial charge in [0.25, 0.3) is 11.2 Å². The average molecular weight is 502 g/mol. The second-order valence-electron chi connectivity index (χ2n) is 7.93. The minimum atomic E-state index is -4.58. The van der Waals surface area contributed by atoms with Crippen LogP contribution in [0.2, 0.25) is 0 Å². The van der Waals surface area contributed by atoms with E-state index >= 15 is 0 Å². The average Bonchev–Trinajstić information content (AvgIpc) is 2.79. The Morgan fingerprint density at radius 2 is 1.94 bits per heavy atom. The molecule has 2 amide bonds. The highest BCUT2D eigenvalue weighted by Crippen LogP contribution is 2.33. The number of nitrogens with zero attached hydrogens (tertiary/aromatic N) is 2. The first-order chi connectivity index (χ1) is 16.9. The van der Waals surface area contributed by atoms with E-state index in [1.807, 2.05) is 0 Å². The largest absolute Gasteiger partial charge is 0.416 e. The number of nitro groups is 1. The number of carbonyl (C=O) groups is 2. The molecule has 4 N–H and O–H groups in total. The normalized spacial score (nSPS) is 15.0. The number of nitro benzene ring substituents is 1. The van der Waals surface area contributed by atoms with Gasteiger partial charge in [-0.15, -0.1) is 0 Å². The molecule has 11 nitrogen and oxygen atoms in total. The van der Waals surface area contributed by atoms with Crippen molar-refractivity contribution in [3.8, 4) is 0 Å². The predicted molar refractivity (Wildman–Crippen MR) is 122 cm³/mol. The predicted octanol–water partition coefficient (Wildman–Crippen LogP) is 3.81. The molecule has 0 radical (unpaired) electrons. The summed E-state index contributed by atoms with van der Waals surface area (Å²) in [6.45, 7) is 1.61. The van der Waals surface area contributed by atoms with E-state index in [1.54, 1.807) is 6.92 Å². The number of aromatic amines is 1. The maximum atomic E-state index is 13.0. The van der Waals surface area contributed by atoms with Gasteiger partial charge in [-0.25, -0.2) is 0 Å². The molecule has 14 heteroatoms. The van der Waals surface area contributed by atoms with Crippen molar-refractivity contribution in [2.45, 2.75) is 25.4 Å². The summed E-state index contributed by atoms with van der Waals surface area (Å²) in [5.41, 5.74) is -1.52. The molecule has 1 atom stereocenters. The fourth-order valence-corrected chi connectivity index (χ4v) is 3.64. The molecule has 2 heterocycles. The molecule has 0 saturated heterocycles. The highest BCUT2D eigenvalue weighted by molar-refractivity contribution is 6.04. The van der Waals surface area contributed by atoms with Crippen LogP contribution in [0, 0.1) is 17.0 Å². The number of halogens is 3. The molecule has 186 valence electrons. The maximum absolute atomic E-state index is 13.0. The molecule has 36 heavy (non-hydrogen) atoms. The Morgan fingerprint density at radius 1 is 1.19 bits per heavy atom. The first-order valence-electron chi connectivity index (χ1n) is 10.4. The molecule has 0 fully saturated rings. The van der Waals surface area contributed by atoms with Gasteiger partial charge in [-0.1, -0.05) is 12.1 Å². The molecule has 4 rings (SSSR count). The number of carbonyl (C=O) groups excluding carboxylic acids is 2. The van der Waals surface area contributed by atoms with Gasteiger partial charge in [0.05, 0.1) is 27.7 Å². The van der Waals surface area contributed by atoms with Crippen LogP contribution < -0.4 is 21.5 Å². The Kier molecular flexibility index (Phi) is 6.18. The number of hydrogen-bond acceptors (Lipinski definition) is 7. The zero-order valence-corrected chi connectivity index (χ0v) is 18.4. The standard InChI is InChI=1S/C22H17F3N6O5/c1-10-5-6-13(31(35)36)8-15(10)27-19(33)14-9-16(32)28-18-17(14)20(34)30-21(29-18)26-12-4-2-3-11(7-12)22(23,24)25/h2-8,14H,9H2,1H3,(H,27,33)(H3,26,28,29,30,32,34)/t14-/m0/s1. The summed E-state index contributed by atoms with van der Waals surface area (Å²) in [7, 11) is 0. The lowest BCUT2D eigenvalue weighted by Gasteiger charge is -2.24. The van der Waals surface area contributed by atoms with Crippen LogP contribution in [0.1, 0.15) is 29.0 Å². The van der Waals surface area contributed by atoms with Gasteiger partial charge in [-0.3, -0.25) is 29.5 Å². The second-order valence-corrected chi connectivity index (χ2v) is 7.93. The molecule has 1 aliphatic heterocycles. The van der Waals surface area contributed by atoms with E-state index in [-0.39, 0.29) is 34.4 Å². The summed E-state index contributed by atoms with van der Waals surface area (Å²) in [6, 6.07) is 8.04. The van der Waals surface area contributed by atoms with Crippen LogP contribution in [-0.4, -0.2) is 26.7 Å². The van der Waals surface area contributed by atoms with Gasteiger partial charge in [-0.05, 0) is 30.7 Å².